The van der Waals surface area contributed by atoms with Crippen molar-refractivity contribution in [2.24, 2.45) is 21.7 Å². The monoisotopic (exact) mass is 488 g/mol. The molecule has 0 aliphatic carbocycles. The molecule has 192 valence electrons. The Morgan fingerprint density at radius 2 is 1.03 bits per heavy atom. The van der Waals surface area contributed by atoms with Gasteiger partial charge in [0.1, 0.15) is 0 Å². The summed E-state index contributed by atoms with van der Waals surface area (Å²) >= 11 is 4.20. The van der Waals surface area contributed by atoms with Crippen LogP contribution in [0.3, 0.4) is 0 Å². The fourth-order valence-corrected chi connectivity index (χ4v) is 6.78. The molecule has 4 aliphatic rings. The van der Waals surface area contributed by atoms with Gasteiger partial charge in [-0.15, -0.1) is 0 Å². The fourth-order valence-electron chi connectivity index (χ4n) is 3.99. The van der Waals surface area contributed by atoms with Gasteiger partial charge in [-0.2, -0.15) is 23.5 Å². The lowest BCUT2D eigenvalue weighted by Gasteiger charge is -2.28. The van der Waals surface area contributed by atoms with Crippen molar-refractivity contribution < 1.29 is 9.47 Å². The summed E-state index contributed by atoms with van der Waals surface area (Å²) in [6, 6.07) is 0. The summed E-state index contributed by atoms with van der Waals surface area (Å²) in [5.74, 6) is 5.52. The van der Waals surface area contributed by atoms with E-state index in [9.17, 15) is 0 Å². The van der Waals surface area contributed by atoms with E-state index in [1.807, 2.05) is 0 Å². The topological polar surface area (TPSA) is 18.5 Å². The molecule has 0 bridgehead atoms. The van der Waals surface area contributed by atoms with Gasteiger partial charge in [-0.25, -0.2) is 0 Å². The van der Waals surface area contributed by atoms with Crippen LogP contribution in [0.4, 0.5) is 0 Å². The number of rotatable bonds is 0. The van der Waals surface area contributed by atoms with E-state index >= 15 is 0 Å². The van der Waals surface area contributed by atoms with Gasteiger partial charge in [-0.1, -0.05) is 55.4 Å². The highest BCUT2D eigenvalue weighted by molar-refractivity contribution is 7.99. The largest absolute Gasteiger partial charge is 0.381 e. The Morgan fingerprint density at radius 3 is 1.28 bits per heavy atom. The summed E-state index contributed by atoms with van der Waals surface area (Å²) < 4.78 is 10.5. The maximum absolute atomic E-state index is 5.28. The first-order valence-electron chi connectivity index (χ1n) is 13.1. The lowest BCUT2D eigenvalue weighted by atomic mass is 9.85. The van der Waals surface area contributed by atoms with E-state index < -0.39 is 0 Å². The van der Waals surface area contributed by atoms with Gasteiger partial charge in [0.05, 0.1) is 6.61 Å². The van der Waals surface area contributed by atoms with Gasteiger partial charge in [0, 0.05) is 19.8 Å². The zero-order chi connectivity index (χ0) is 24.1. The first-order chi connectivity index (χ1) is 14.8. The van der Waals surface area contributed by atoms with E-state index in [1.165, 1.54) is 74.4 Å². The van der Waals surface area contributed by atoms with Gasteiger partial charge in [0.2, 0.25) is 0 Å². The van der Waals surface area contributed by atoms with Crippen LogP contribution in [0.5, 0.6) is 0 Å². The third-order valence-electron chi connectivity index (χ3n) is 6.96. The lowest BCUT2D eigenvalue weighted by molar-refractivity contribution is 0.0127. The maximum Gasteiger partial charge on any atom is 0.0517 e. The molecule has 4 heteroatoms. The van der Waals surface area contributed by atoms with Crippen LogP contribution >= 0.6 is 23.5 Å². The summed E-state index contributed by atoms with van der Waals surface area (Å²) in [6.45, 7) is 22.4. The van der Waals surface area contributed by atoms with Gasteiger partial charge >= 0.3 is 0 Å². The van der Waals surface area contributed by atoms with Crippen molar-refractivity contribution in [1.29, 1.82) is 0 Å². The molecule has 0 saturated carbocycles. The Labute approximate surface area is 210 Å². The molecule has 4 fully saturated rings. The molecular formula is C28H56O2S2. The Balaban J connectivity index is 0.000000213. The third-order valence-corrected chi connectivity index (χ3v) is 9.51. The van der Waals surface area contributed by atoms with Crippen molar-refractivity contribution in [3.05, 3.63) is 0 Å². The molecule has 0 aromatic carbocycles. The molecule has 32 heavy (non-hydrogen) atoms. The highest BCUT2D eigenvalue weighted by atomic mass is 32.2. The summed E-state index contributed by atoms with van der Waals surface area (Å²) in [5, 5.41) is 0. The Bertz CT molecular complexity index is 366. The molecular weight excluding hydrogens is 432 g/mol. The molecule has 4 rings (SSSR count). The summed E-state index contributed by atoms with van der Waals surface area (Å²) in [6.07, 6.45) is 10.7. The van der Waals surface area contributed by atoms with Crippen LogP contribution in [0.2, 0.25) is 0 Å². The van der Waals surface area contributed by atoms with Crippen LogP contribution in [0.1, 0.15) is 107 Å². The van der Waals surface area contributed by atoms with Gasteiger partial charge in [-0.05, 0) is 96.0 Å². The molecule has 0 atom stereocenters. The van der Waals surface area contributed by atoms with Crippen molar-refractivity contribution in [3.8, 4) is 0 Å². The van der Waals surface area contributed by atoms with E-state index in [1.54, 1.807) is 0 Å². The maximum atomic E-state index is 5.28. The molecule has 0 aromatic heterocycles. The molecule has 0 N–H and O–H groups in total. The van der Waals surface area contributed by atoms with E-state index in [0.29, 0.717) is 21.7 Å². The van der Waals surface area contributed by atoms with Gasteiger partial charge in [0.15, 0.2) is 0 Å². The lowest BCUT2D eigenvalue weighted by Crippen LogP contribution is -2.24. The van der Waals surface area contributed by atoms with Crippen molar-refractivity contribution in [2.45, 2.75) is 107 Å². The molecule has 4 saturated heterocycles. The SMILES string of the molecule is CC1(C)CCCOC1.CC1(C)CCCSC1.CC1(C)CCOCC1.CC1(C)CCSCC1. The highest BCUT2D eigenvalue weighted by Crippen LogP contribution is 2.33. The smallest absolute Gasteiger partial charge is 0.0517 e. The number of hydrogen-bond acceptors (Lipinski definition) is 4. The Morgan fingerprint density at radius 1 is 0.469 bits per heavy atom. The van der Waals surface area contributed by atoms with Crippen LogP contribution in [-0.4, -0.2) is 49.4 Å². The second-order valence-corrected chi connectivity index (χ2v) is 15.5. The van der Waals surface area contributed by atoms with Crippen molar-refractivity contribution >= 4 is 23.5 Å². The molecule has 4 aliphatic heterocycles. The summed E-state index contributed by atoms with van der Waals surface area (Å²) in [7, 11) is 0. The molecule has 0 radical (unpaired) electrons. The van der Waals surface area contributed by atoms with Gasteiger partial charge < -0.3 is 9.47 Å². The van der Waals surface area contributed by atoms with Crippen LogP contribution in [0.15, 0.2) is 0 Å². The third kappa shape index (κ3) is 16.3. The molecule has 2 nitrogen and oxygen atoms in total. The first kappa shape index (κ1) is 30.7. The Hall–Kier alpha value is 0.620. The van der Waals surface area contributed by atoms with Crippen molar-refractivity contribution in [2.75, 3.05) is 49.4 Å². The number of ether oxygens (including phenoxy) is 2. The first-order valence-corrected chi connectivity index (χ1v) is 15.4. The minimum atomic E-state index is 0.457. The van der Waals surface area contributed by atoms with Crippen molar-refractivity contribution in [1.82, 2.24) is 0 Å². The second kappa shape index (κ2) is 14.9. The highest BCUT2D eigenvalue weighted by Gasteiger charge is 2.22. The van der Waals surface area contributed by atoms with E-state index in [0.717, 1.165) is 26.4 Å². The zero-order valence-corrected chi connectivity index (χ0v) is 24.6. The van der Waals surface area contributed by atoms with Crippen LogP contribution < -0.4 is 0 Å². The van der Waals surface area contributed by atoms with E-state index in [4.69, 9.17) is 9.47 Å². The molecule has 0 unspecified atom stereocenters. The summed E-state index contributed by atoms with van der Waals surface area (Å²) in [4.78, 5) is 0. The quantitative estimate of drug-likeness (QED) is 0.339. The number of hydrogen-bond donors (Lipinski definition) is 0. The van der Waals surface area contributed by atoms with Crippen LogP contribution in [-0.2, 0) is 9.47 Å². The summed E-state index contributed by atoms with van der Waals surface area (Å²) in [5.41, 5.74) is 2.31. The molecule has 4 heterocycles. The number of thioether (sulfide) groups is 2. The van der Waals surface area contributed by atoms with Gasteiger partial charge in [0.25, 0.3) is 0 Å². The average Bonchev–Trinajstić information content (AvgIpc) is 2.69. The van der Waals surface area contributed by atoms with Gasteiger partial charge in [-0.3, -0.25) is 0 Å². The molecule has 0 aromatic rings. The predicted molar refractivity (Wildman–Crippen MR) is 148 cm³/mol. The zero-order valence-electron chi connectivity index (χ0n) is 22.9. The molecule has 0 spiro atoms. The Kier molecular flexibility index (Phi) is 14.3. The standard InChI is InChI=1S/2C7H14O.2C7H14S/c1-7(2)3-5-8-6-4-7;1-7(2)4-3-5-8-6-7;1-7(2)3-5-8-6-4-7;1-7(2)4-3-5-8-6-7/h4*3-6H2,1-2H3. The fraction of sp³-hybridized carbons (Fsp3) is 1.00. The normalized spacial score (nSPS) is 27.8. The average molecular weight is 489 g/mol. The van der Waals surface area contributed by atoms with E-state index in [2.05, 4.69) is 78.9 Å². The second-order valence-electron chi connectivity index (χ2n) is 13.2. The van der Waals surface area contributed by atoms with E-state index in [-0.39, 0.29) is 0 Å². The predicted octanol–water partition coefficient (Wildman–Crippen LogP) is 8.73. The molecule has 0 amide bonds. The van der Waals surface area contributed by atoms with Crippen LogP contribution in [0, 0.1) is 21.7 Å². The minimum Gasteiger partial charge on any atom is -0.381 e. The van der Waals surface area contributed by atoms with Crippen LogP contribution in [0.25, 0.3) is 0 Å². The van der Waals surface area contributed by atoms with Crippen molar-refractivity contribution in [3.63, 3.8) is 0 Å². The minimum absolute atomic E-state index is 0.457.